The molecule has 0 aromatic rings. The third-order valence-electron chi connectivity index (χ3n) is 9.56. The molecule has 4 atom stereocenters. The molecule has 4 rings (SSSR count). The smallest absolute Gasteiger partial charge is 0.217 e. The summed E-state index contributed by atoms with van der Waals surface area (Å²) in [7, 11) is -3.46. The lowest BCUT2D eigenvalue weighted by Gasteiger charge is -2.49. The van der Waals surface area contributed by atoms with Gasteiger partial charge in [-0.3, -0.25) is 0 Å². The number of hydrogen-bond donors (Lipinski definition) is 1. The monoisotopic (exact) mass is 411 g/mol. The van der Waals surface area contributed by atoms with Gasteiger partial charge in [-0.15, -0.1) is 0 Å². The molecule has 0 saturated heterocycles. The van der Waals surface area contributed by atoms with Crippen LogP contribution in [0.3, 0.4) is 0 Å². The van der Waals surface area contributed by atoms with E-state index in [0.29, 0.717) is 5.92 Å². The normalized spacial score (nSPS) is 38.2. The van der Waals surface area contributed by atoms with Crippen molar-refractivity contribution in [2.24, 2.45) is 16.7 Å². The van der Waals surface area contributed by atoms with Crippen molar-refractivity contribution in [2.45, 2.75) is 128 Å². The summed E-state index contributed by atoms with van der Waals surface area (Å²) in [4.78, 5) is 0. The molecule has 3 unspecified atom stereocenters. The second-order valence-corrected chi connectivity index (χ2v) is 13.0. The molecule has 162 valence electrons. The minimum atomic E-state index is -3.46. The SMILES string of the molecule is CC(C12CC[C@@H](CC1O)C2(C)C)S(=O)(=O)N(C1CCCCC1)C1CCCCC1. The molecule has 4 saturated carbocycles. The minimum absolute atomic E-state index is 0.107. The quantitative estimate of drug-likeness (QED) is 0.703. The highest BCUT2D eigenvalue weighted by molar-refractivity contribution is 7.89. The summed E-state index contributed by atoms with van der Waals surface area (Å²) in [5.74, 6) is 0.456. The lowest BCUT2D eigenvalue weighted by atomic mass is 9.66. The molecule has 0 aromatic heterocycles. The van der Waals surface area contributed by atoms with Crippen LogP contribution in [0, 0.1) is 16.7 Å². The highest BCUT2D eigenvalue weighted by Crippen LogP contribution is 2.68. The van der Waals surface area contributed by atoms with Gasteiger partial charge >= 0.3 is 0 Å². The van der Waals surface area contributed by atoms with E-state index in [9.17, 15) is 13.5 Å². The van der Waals surface area contributed by atoms with E-state index in [1.165, 1.54) is 12.8 Å². The molecule has 28 heavy (non-hydrogen) atoms. The summed E-state index contributed by atoms with van der Waals surface area (Å²) in [5.41, 5.74) is -0.595. The molecule has 4 nitrogen and oxygen atoms in total. The number of aliphatic hydroxyl groups is 1. The molecule has 0 amide bonds. The fourth-order valence-corrected chi connectivity index (χ4v) is 10.5. The van der Waals surface area contributed by atoms with E-state index in [2.05, 4.69) is 13.8 Å². The van der Waals surface area contributed by atoms with Gasteiger partial charge < -0.3 is 5.11 Å². The van der Waals surface area contributed by atoms with Gasteiger partial charge in [0, 0.05) is 17.5 Å². The van der Waals surface area contributed by atoms with Crippen molar-refractivity contribution in [3.8, 4) is 0 Å². The third-order valence-corrected chi connectivity index (χ3v) is 12.1. The number of nitrogens with zero attached hydrogens (tertiary/aromatic N) is 1. The first-order valence-electron chi connectivity index (χ1n) is 11.9. The number of rotatable bonds is 5. The van der Waals surface area contributed by atoms with Crippen LogP contribution < -0.4 is 0 Å². The second kappa shape index (κ2) is 7.53. The minimum Gasteiger partial charge on any atom is -0.392 e. The Kier molecular flexibility index (Phi) is 5.68. The van der Waals surface area contributed by atoms with Crippen molar-refractivity contribution in [1.29, 1.82) is 0 Å². The van der Waals surface area contributed by atoms with Gasteiger partial charge in [-0.2, -0.15) is 4.31 Å². The van der Waals surface area contributed by atoms with Crippen molar-refractivity contribution >= 4 is 10.0 Å². The van der Waals surface area contributed by atoms with E-state index in [-0.39, 0.29) is 17.5 Å². The maximum absolute atomic E-state index is 14.2. The highest BCUT2D eigenvalue weighted by Gasteiger charge is 2.68. The first-order valence-corrected chi connectivity index (χ1v) is 13.4. The fourth-order valence-electron chi connectivity index (χ4n) is 7.80. The van der Waals surface area contributed by atoms with Gasteiger partial charge in [0.1, 0.15) is 0 Å². The van der Waals surface area contributed by atoms with Crippen LogP contribution in [0.5, 0.6) is 0 Å². The number of sulfonamides is 1. The molecule has 4 fully saturated rings. The first-order chi connectivity index (χ1) is 13.2. The fraction of sp³-hybridized carbons (Fsp3) is 1.00. The van der Waals surface area contributed by atoms with Crippen LogP contribution in [-0.2, 0) is 10.0 Å². The largest absolute Gasteiger partial charge is 0.392 e. The lowest BCUT2D eigenvalue weighted by molar-refractivity contribution is -0.00566. The molecular formula is C23H41NO3S. The topological polar surface area (TPSA) is 57.6 Å². The van der Waals surface area contributed by atoms with Gasteiger partial charge in [0.05, 0.1) is 11.4 Å². The zero-order valence-electron chi connectivity index (χ0n) is 18.2. The van der Waals surface area contributed by atoms with Crippen molar-refractivity contribution in [3.63, 3.8) is 0 Å². The van der Waals surface area contributed by atoms with E-state index >= 15 is 0 Å². The van der Waals surface area contributed by atoms with Crippen LogP contribution in [0.25, 0.3) is 0 Å². The average Bonchev–Trinajstić information content (AvgIpc) is 3.04. The zero-order chi connectivity index (χ0) is 20.2. The van der Waals surface area contributed by atoms with Gasteiger partial charge in [-0.25, -0.2) is 8.42 Å². The van der Waals surface area contributed by atoms with E-state index < -0.39 is 26.8 Å². The zero-order valence-corrected chi connectivity index (χ0v) is 19.0. The van der Waals surface area contributed by atoms with Gasteiger partial charge in [0.2, 0.25) is 10.0 Å². The van der Waals surface area contributed by atoms with Crippen molar-refractivity contribution < 1.29 is 13.5 Å². The van der Waals surface area contributed by atoms with E-state index in [1.54, 1.807) is 0 Å². The van der Waals surface area contributed by atoms with E-state index in [1.807, 2.05) is 11.2 Å². The Morgan fingerprint density at radius 1 is 0.893 bits per heavy atom. The van der Waals surface area contributed by atoms with Crippen LogP contribution in [0.15, 0.2) is 0 Å². The predicted molar refractivity (Wildman–Crippen MR) is 114 cm³/mol. The molecule has 0 radical (unpaired) electrons. The van der Waals surface area contributed by atoms with E-state index in [4.69, 9.17) is 0 Å². The standard InChI is InChI=1S/C23H41NO3S/c1-17(23-15-14-18(16-21(23)25)22(23,2)3)28(26,27)24(19-10-6-4-7-11-19)20-12-8-5-9-13-20/h17-21,25H,4-16H2,1-3H3/t17?,18-,21?,23?/m0/s1. The van der Waals surface area contributed by atoms with Gasteiger partial charge in [-0.1, -0.05) is 52.4 Å². The van der Waals surface area contributed by atoms with Crippen LogP contribution in [0.2, 0.25) is 0 Å². The Labute approximate surface area is 172 Å². The molecule has 2 bridgehead atoms. The molecule has 1 N–H and O–H groups in total. The lowest BCUT2D eigenvalue weighted by Crippen LogP contribution is -2.58. The molecule has 0 aromatic carbocycles. The van der Waals surface area contributed by atoms with Crippen LogP contribution in [0.4, 0.5) is 0 Å². The average molecular weight is 412 g/mol. The van der Waals surface area contributed by atoms with Crippen molar-refractivity contribution in [3.05, 3.63) is 0 Å². The maximum atomic E-state index is 14.2. The second-order valence-electron chi connectivity index (χ2n) is 10.8. The van der Waals surface area contributed by atoms with Gasteiger partial charge in [0.15, 0.2) is 0 Å². The summed E-state index contributed by atoms with van der Waals surface area (Å²) in [5, 5.41) is 10.6. The summed E-state index contributed by atoms with van der Waals surface area (Å²) in [6, 6.07) is 0.360. The van der Waals surface area contributed by atoms with Gasteiger partial charge in [0.25, 0.3) is 0 Å². The molecule has 4 aliphatic rings. The number of fused-ring (bicyclic) bond motifs is 2. The number of aliphatic hydroxyl groups excluding tert-OH is 1. The molecule has 0 aliphatic heterocycles. The van der Waals surface area contributed by atoms with Crippen LogP contribution in [0.1, 0.15) is 104 Å². The van der Waals surface area contributed by atoms with Crippen molar-refractivity contribution in [2.75, 3.05) is 0 Å². The molecule has 4 aliphatic carbocycles. The highest BCUT2D eigenvalue weighted by atomic mass is 32.2. The number of hydrogen-bond acceptors (Lipinski definition) is 3. The summed E-state index contributed by atoms with van der Waals surface area (Å²) >= 11 is 0. The van der Waals surface area contributed by atoms with Crippen molar-refractivity contribution in [1.82, 2.24) is 4.31 Å². The Balaban J connectivity index is 1.70. The summed E-state index contributed by atoms with van der Waals surface area (Å²) in [6.45, 7) is 6.38. The van der Waals surface area contributed by atoms with E-state index in [0.717, 1.165) is 70.6 Å². The molecule has 0 heterocycles. The molecule has 0 spiro atoms. The Hall–Kier alpha value is -0.130. The van der Waals surface area contributed by atoms with Crippen LogP contribution >= 0.6 is 0 Å². The molecular weight excluding hydrogens is 370 g/mol. The third kappa shape index (κ3) is 3.01. The molecule has 5 heteroatoms. The summed E-state index contributed by atoms with van der Waals surface area (Å²) < 4.78 is 30.5. The Bertz CT molecular complexity index is 645. The first kappa shape index (κ1) is 21.1. The Morgan fingerprint density at radius 3 is 1.79 bits per heavy atom. The van der Waals surface area contributed by atoms with Crippen LogP contribution in [-0.4, -0.2) is 41.3 Å². The predicted octanol–water partition coefficient (Wildman–Crippen LogP) is 4.86. The van der Waals surface area contributed by atoms with Gasteiger partial charge in [-0.05, 0) is 63.2 Å². The Morgan fingerprint density at radius 2 is 1.39 bits per heavy atom. The maximum Gasteiger partial charge on any atom is 0.217 e. The summed E-state index contributed by atoms with van der Waals surface area (Å²) in [6.07, 6.45) is 13.4.